The molecule has 1 aliphatic rings. The number of rotatable bonds is 5. The molecule has 7 heteroatoms. The zero-order chi connectivity index (χ0) is 14.6. The molecule has 1 saturated heterocycles. The van der Waals surface area contributed by atoms with Crippen molar-refractivity contribution in [2.24, 2.45) is 11.7 Å². The molecule has 0 radical (unpaired) electrons. The van der Waals surface area contributed by atoms with Crippen molar-refractivity contribution in [3.05, 3.63) is 0 Å². The number of hydrogen-bond acceptors (Lipinski definition) is 4. The van der Waals surface area contributed by atoms with Crippen molar-refractivity contribution < 1.29 is 13.2 Å². The second-order valence-electron chi connectivity index (χ2n) is 5.57. The van der Waals surface area contributed by atoms with E-state index < -0.39 is 16.1 Å². The molecule has 2 atom stereocenters. The monoisotopic (exact) mass is 291 g/mol. The SMILES string of the molecule is CC(C)[C@@H](N)C(=O)N1CCCCC1CNS(C)(=O)=O. The third-order valence-electron chi connectivity index (χ3n) is 3.49. The van der Waals surface area contributed by atoms with Crippen LogP contribution in [0, 0.1) is 5.92 Å². The smallest absolute Gasteiger partial charge is 0.240 e. The lowest BCUT2D eigenvalue weighted by Gasteiger charge is -2.37. The lowest BCUT2D eigenvalue weighted by Crippen LogP contribution is -2.55. The summed E-state index contributed by atoms with van der Waals surface area (Å²) < 4.78 is 24.8. The highest BCUT2D eigenvalue weighted by atomic mass is 32.2. The van der Waals surface area contributed by atoms with E-state index in [9.17, 15) is 13.2 Å². The lowest BCUT2D eigenvalue weighted by molar-refractivity contribution is -0.137. The maximum Gasteiger partial charge on any atom is 0.240 e. The van der Waals surface area contributed by atoms with Crippen molar-refractivity contribution in [2.45, 2.75) is 45.2 Å². The van der Waals surface area contributed by atoms with Crippen molar-refractivity contribution in [1.29, 1.82) is 0 Å². The minimum absolute atomic E-state index is 0.0741. The van der Waals surface area contributed by atoms with Gasteiger partial charge < -0.3 is 10.6 Å². The summed E-state index contributed by atoms with van der Waals surface area (Å²) in [5, 5.41) is 0. The number of nitrogens with two attached hydrogens (primary N) is 1. The Kier molecular flexibility index (Phi) is 5.76. The molecule has 6 nitrogen and oxygen atoms in total. The maximum absolute atomic E-state index is 12.3. The Labute approximate surface area is 115 Å². The summed E-state index contributed by atoms with van der Waals surface area (Å²) in [7, 11) is -3.23. The van der Waals surface area contributed by atoms with Crippen LogP contribution in [0.4, 0.5) is 0 Å². The molecule has 19 heavy (non-hydrogen) atoms. The van der Waals surface area contributed by atoms with E-state index in [1.165, 1.54) is 0 Å². The van der Waals surface area contributed by atoms with Crippen LogP contribution in [-0.2, 0) is 14.8 Å². The number of hydrogen-bond donors (Lipinski definition) is 2. The fraction of sp³-hybridized carbons (Fsp3) is 0.917. The first-order valence-corrected chi connectivity index (χ1v) is 8.62. The third-order valence-corrected chi connectivity index (χ3v) is 4.19. The molecule has 1 aliphatic heterocycles. The average molecular weight is 291 g/mol. The summed E-state index contributed by atoms with van der Waals surface area (Å²) in [4.78, 5) is 14.0. The van der Waals surface area contributed by atoms with Gasteiger partial charge in [0.2, 0.25) is 15.9 Å². The number of piperidine rings is 1. The van der Waals surface area contributed by atoms with E-state index >= 15 is 0 Å². The van der Waals surface area contributed by atoms with Crippen LogP contribution in [-0.4, -0.2) is 50.7 Å². The molecule has 1 fully saturated rings. The quantitative estimate of drug-likeness (QED) is 0.740. The van der Waals surface area contributed by atoms with Crippen LogP contribution in [0.5, 0.6) is 0 Å². The van der Waals surface area contributed by atoms with Gasteiger partial charge in [0.25, 0.3) is 0 Å². The molecule has 1 amide bonds. The first-order chi connectivity index (χ1) is 8.72. The van der Waals surface area contributed by atoms with E-state index in [0.29, 0.717) is 6.54 Å². The van der Waals surface area contributed by atoms with Gasteiger partial charge in [-0.1, -0.05) is 13.8 Å². The van der Waals surface area contributed by atoms with Crippen LogP contribution in [0.25, 0.3) is 0 Å². The molecular weight excluding hydrogens is 266 g/mol. The van der Waals surface area contributed by atoms with Gasteiger partial charge in [-0.15, -0.1) is 0 Å². The Hall–Kier alpha value is -0.660. The molecular formula is C12H25N3O3S. The average Bonchev–Trinajstić information content (AvgIpc) is 2.34. The normalized spacial score (nSPS) is 22.6. The van der Waals surface area contributed by atoms with Crippen LogP contribution in [0.3, 0.4) is 0 Å². The van der Waals surface area contributed by atoms with Crippen molar-refractivity contribution in [3.8, 4) is 0 Å². The molecule has 0 aromatic heterocycles. The summed E-state index contributed by atoms with van der Waals surface area (Å²) in [6.07, 6.45) is 3.91. The van der Waals surface area contributed by atoms with Crippen LogP contribution in [0.2, 0.25) is 0 Å². The predicted molar refractivity (Wildman–Crippen MR) is 75.0 cm³/mol. The molecule has 0 aromatic carbocycles. The largest absolute Gasteiger partial charge is 0.337 e. The Morgan fingerprint density at radius 3 is 2.58 bits per heavy atom. The summed E-state index contributed by atoms with van der Waals surface area (Å²) >= 11 is 0. The van der Waals surface area contributed by atoms with E-state index in [1.807, 2.05) is 13.8 Å². The van der Waals surface area contributed by atoms with Crippen molar-refractivity contribution in [2.75, 3.05) is 19.3 Å². The predicted octanol–water partition coefficient (Wildman–Crippen LogP) is -0.1000. The zero-order valence-corrected chi connectivity index (χ0v) is 12.7. The molecule has 0 bridgehead atoms. The fourth-order valence-corrected chi connectivity index (χ4v) is 2.72. The molecule has 3 N–H and O–H groups in total. The third kappa shape index (κ3) is 5.08. The summed E-state index contributed by atoms with van der Waals surface area (Å²) in [6, 6.07) is -0.598. The Morgan fingerprint density at radius 1 is 1.42 bits per heavy atom. The number of carbonyl (C=O) groups is 1. The highest BCUT2D eigenvalue weighted by molar-refractivity contribution is 7.88. The highest BCUT2D eigenvalue weighted by Gasteiger charge is 2.31. The molecule has 0 spiro atoms. The molecule has 0 aliphatic carbocycles. The number of amides is 1. The van der Waals surface area contributed by atoms with E-state index in [2.05, 4.69) is 4.72 Å². The standard InChI is InChI=1S/C12H25N3O3S/c1-9(2)11(13)12(16)15-7-5-4-6-10(15)8-14-19(3,17)18/h9-11,14H,4-8,13H2,1-3H3/t10?,11-/m1/s1. The van der Waals surface area contributed by atoms with Crippen LogP contribution >= 0.6 is 0 Å². The van der Waals surface area contributed by atoms with Gasteiger partial charge in [-0.2, -0.15) is 0 Å². The van der Waals surface area contributed by atoms with Crippen LogP contribution in [0.1, 0.15) is 33.1 Å². The van der Waals surface area contributed by atoms with E-state index in [0.717, 1.165) is 25.5 Å². The van der Waals surface area contributed by atoms with Gasteiger partial charge in [-0.05, 0) is 25.2 Å². The number of sulfonamides is 1. The van der Waals surface area contributed by atoms with Crippen LogP contribution in [0.15, 0.2) is 0 Å². The molecule has 112 valence electrons. The number of nitrogens with zero attached hydrogens (tertiary/aromatic N) is 1. The van der Waals surface area contributed by atoms with E-state index in [4.69, 9.17) is 5.73 Å². The molecule has 0 saturated carbocycles. The molecule has 1 rings (SSSR count). The molecule has 1 heterocycles. The zero-order valence-electron chi connectivity index (χ0n) is 11.9. The Morgan fingerprint density at radius 2 is 2.05 bits per heavy atom. The van der Waals surface area contributed by atoms with Crippen molar-refractivity contribution >= 4 is 15.9 Å². The number of likely N-dealkylation sites (tertiary alicyclic amines) is 1. The highest BCUT2D eigenvalue weighted by Crippen LogP contribution is 2.18. The van der Waals surface area contributed by atoms with Gasteiger partial charge in [0.1, 0.15) is 0 Å². The Balaban J connectivity index is 2.69. The van der Waals surface area contributed by atoms with Crippen LogP contribution < -0.4 is 10.5 Å². The number of nitrogens with one attached hydrogen (secondary N) is 1. The van der Waals surface area contributed by atoms with E-state index in [-0.39, 0.29) is 24.4 Å². The second-order valence-corrected chi connectivity index (χ2v) is 7.40. The molecule has 1 unspecified atom stereocenters. The summed E-state index contributed by atoms with van der Waals surface area (Å²) in [5.74, 6) is 0.00736. The summed E-state index contributed by atoms with van der Waals surface area (Å²) in [5.41, 5.74) is 5.91. The van der Waals surface area contributed by atoms with Crippen molar-refractivity contribution in [3.63, 3.8) is 0 Å². The Bertz CT molecular complexity index is 408. The van der Waals surface area contributed by atoms with Gasteiger partial charge in [0, 0.05) is 19.1 Å². The molecule has 0 aromatic rings. The topological polar surface area (TPSA) is 92.5 Å². The van der Waals surface area contributed by atoms with Crippen molar-refractivity contribution in [1.82, 2.24) is 9.62 Å². The van der Waals surface area contributed by atoms with Gasteiger partial charge >= 0.3 is 0 Å². The lowest BCUT2D eigenvalue weighted by atomic mass is 9.98. The van der Waals surface area contributed by atoms with Gasteiger partial charge in [-0.25, -0.2) is 13.1 Å². The van der Waals surface area contributed by atoms with E-state index in [1.54, 1.807) is 4.90 Å². The fourth-order valence-electron chi connectivity index (χ4n) is 2.23. The minimum Gasteiger partial charge on any atom is -0.337 e. The number of carbonyl (C=O) groups excluding carboxylic acids is 1. The first kappa shape index (κ1) is 16.4. The summed E-state index contributed by atoms with van der Waals surface area (Å²) in [6.45, 7) is 4.76. The second kappa shape index (κ2) is 6.67. The first-order valence-electron chi connectivity index (χ1n) is 6.73. The minimum atomic E-state index is -3.23. The van der Waals surface area contributed by atoms with Gasteiger partial charge in [-0.3, -0.25) is 4.79 Å². The maximum atomic E-state index is 12.3. The van der Waals surface area contributed by atoms with Gasteiger partial charge in [0.15, 0.2) is 0 Å². The van der Waals surface area contributed by atoms with Gasteiger partial charge in [0.05, 0.1) is 12.3 Å².